The highest BCUT2D eigenvalue weighted by molar-refractivity contribution is 7.14. The van der Waals surface area contributed by atoms with Gasteiger partial charge in [-0.1, -0.05) is 12.1 Å². The first-order valence-electron chi connectivity index (χ1n) is 11.4. The average Bonchev–Trinajstić information content (AvgIpc) is 2.99. The third-order valence-corrected chi connectivity index (χ3v) is 7.49. The third kappa shape index (κ3) is 6.63. The van der Waals surface area contributed by atoms with Gasteiger partial charge in [0.25, 0.3) is 0 Å². The zero-order valence-corrected chi connectivity index (χ0v) is 20.7. The molecule has 10 heteroatoms. The largest absolute Gasteiger partial charge is 0.380 e. The Kier molecular flexibility index (Phi) is 9.58. The fraction of sp³-hybridized carbons (Fsp3) is 0.458. The maximum absolute atomic E-state index is 12.9. The van der Waals surface area contributed by atoms with Crippen molar-refractivity contribution in [2.24, 2.45) is 16.8 Å². The Morgan fingerprint density at radius 1 is 1.24 bits per heavy atom. The molecule has 0 spiro atoms. The first-order valence-corrected chi connectivity index (χ1v) is 12.2. The number of thiophene rings is 1. The van der Waals surface area contributed by atoms with Gasteiger partial charge in [-0.2, -0.15) is 5.10 Å². The normalized spacial score (nSPS) is 15.0. The molecule has 0 atom stereocenters. The molecule has 1 amide bonds. The number of hydrogen-bond donors (Lipinski definition) is 2. The molecule has 3 rings (SSSR count). The summed E-state index contributed by atoms with van der Waals surface area (Å²) in [5, 5.41) is 4.73. The second-order valence-corrected chi connectivity index (χ2v) is 9.52. The van der Waals surface area contributed by atoms with Crippen LogP contribution in [-0.4, -0.2) is 68.2 Å². The van der Waals surface area contributed by atoms with E-state index in [9.17, 15) is 9.59 Å². The Balaban J connectivity index is 1.51. The maximum atomic E-state index is 12.9. The fourth-order valence-electron chi connectivity index (χ4n) is 4.20. The van der Waals surface area contributed by atoms with Crippen LogP contribution in [0.15, 0.2) is 29.4 Å². The van der Waals surface area contributed by atoms with Crippen LogP contribution in [0.2, 0.25) is 0 Å². The van der Waals surface area contributed by atoms with E-state index in [2.05, 4.69) is 16.9 Å². The number of benzene rings is 1. The third-order valence-electron chi connectivity index (χ3n) is 6.17. The zero-order chi connectivity index (χ0) is 24.5. The van der Waals surface area contributed by atoms with Gasteiger partial charge in [0.15, 0.2) is 6.29 Å². The van der Waals surface area contributed by atoms with E-state index < -0.39 is 0 Å². The van der Waals surface area contributed by atoms with Crippen molar-refractivity contribution in [1.29, 1.82) is 0 Å². The van der Waals surface area contributed by atoms with E-state index >= 15 is 0 Å². The van der Waals surface area contributed by atoms with Crippen LogP contribution in [-0.2, 0) is 29.0 Å². The second-order valence-electron chi connectivity index (χ2n) is 8.38. The molecule has 1 aromatic heterocycles. The molecule has 1 saturated heterocycles. The van der Waals surface area contributed by atoms with Crippen molar-refractivity contribution in [3.63, 3.8) is 0 Å². The maximum Gasteiger partial charge on any atom is 0.227 e. The van der Waals surface area contributed by atoms with Crippen LogP contribution in [0.5, 0.6) is 0 Å². The highest BCUT2D eigenvalue weighted by Gasteiger charge is 2.20. The number of rotatable bonds is 10. The number of anilines is 1. The van der Waals surface area contributed by atoms with E-state index in [-0.39, 0.29) is 5.91 Å². The van der Waals surface area contributed by atoms with Gasteiger partial charge in [0.05, 0.1) is 23.6 Å². The van der Waals surface area contributed by atoms with Crippen molar-refractivity contribution in [1.82, 2.24) is 9.80 Å². The average molecular weight is 487 g/mol. The van der Waals surface area contributed by atoms with E-state index in [0.29, 0.717) is 13.0 Å². The Morgan fingerprint density at radius 3 is 2.68 bits per heavy atom. The highest BCUT2D eigenvalue weighted by Crippen LogP contribution is 2.28. The number of ether oxygens (including phenoxy) is 1. The number of nitrogens with zero attached hydrogens (tertiary/aromatic N) is 4. The van der Waals surface area contributed by atoms with Gasteiger partial charge < -0.3 is 20.4 Å². The topological polar surface area (TPSA) is 117 Å². The summed E-state index contributed by atoms with van der Waals surface area (Å²) >= 11 is 1.57. The molecule has 1 aliphatic rings. The van der Waals surface area contributed by atoms with E-state index in [4.69, 9.17) is 16.4 Å². The number of methoxy groups -OCH3 is 1. The van der Waals surface area contributed by atoms with Gasteiger partial charge in [0, 0.05) is 43.7 Å². The van der Waals surface area contributed by atoms with Gasteiger partial charge in [-0.05, 0) is 49.6 Å². The van der Waals surface area contributed by atoms with Crippen LogP contribution in [0.4, 0.5) is 5.69 Å². The van der Waals surface area contributed by atoms with Crippen molar-refractivity contribution in [2.75, 3.05) is 44.8 Å². The summed E-state index contributed by atoms with van der Waals surface area (Å²) in [6, 6.07) is 7.48. The van der Waals surface area contributed by atoms with Crippen molar-refractivity contribution < 1.29 is 14.3 Å². The molecule has 2 heterocycles. The number of hydrazone groups is 1. The number of aldehydes is 1. The van der Waals surface area contributed by atoms with E-state index in [0.717, 1.165) is 73.5 Å². The quantitative estimate of drug-likeness (QED) is 0.173. The highest BCUT2D eigenvalue weighted by atomic mass is 32.1. The summed E-state index contributed by atoms with van der Waals surface area (Å²) in [6.45, 7) is 6.74. The van der Waals surface area contributed by atoms with Gasteiger partial charge >= 0.3 is 0 Å². The predicted molar refractivity (Wildman–Crippen MR) is 136 cm³/mol. The molecule has 2 aromatic rings. The van der Waals surface area contributed by atoms with Gasteiger partial charge in [0.1, 0.15) is 6.34 Å². The van der Waals surface area contributed by atoms with Crippen molar-refractivity contribution in [3.8, 4) is 0 Å². The van der Waals surface area contributed by atoms with E-state index in [1.807, 2.05) is 29.2 Å². The number of nitrogens with two attached hydrogens (primary N) is 2. The summed E-state index contributed by atoms with van der Waals surface area (Å²) in [4.78, 5) is 30.7. The lowest BCUT2D eigenvalue weighted by molar-refractivity contribution is -0.130. The minimum atomic E-state index is 0.136. The monoisotopic (exact) mass is 486 g/mol. The Bertz CT molecular complexity index is 991. The summed E-state index contributed by atoms with van der Waals surface area (Å²) in [5.41, 5.74) is 3.86. The molecule has 4 N–H and O–H groups in total. The predicted octanol–water partition coefficient (Wildman–Crippen LogP) is 1.92. The molecule has 0 aliphatic carbocycles. The number of carbonyl (C=O) groups excluding carboxylic acids is 2. The Morgan fingerprint density at radius 2 is 2.00 bits per heavy atom. The van der Waals surface area contributed by atoms with Crippen molar-refractivity contribution in [2.45, 2.75) is 32.8 Å². The van der Waals surface area contributed by atoms with Crippen LogP contribution in [0.3, 0.4) is 0 Å². The SMILES string of the molecule is COCc1c(C=O)sc(CCN2CCCN(C(=O)Cc3ccc(N(N)/C=N\N)cc3)CC2)c1C. The molecule has 0 radical (unpaired) electrons. The summed E-state index contributed by atoms with van der Waals surface area (Å²) in [7, 11) is 1.65. The molecular formula is C24H34N6O3S. The minimum Gasteiger partial charge on any atom is -0.380 e. The molecule has 0 unspecified atom stereocenters. The smallest absolute Gasteiger partial charge is 0.227 e. The summed E-state index contributed by atoms with van der Waals surface area (Å²) < 4.78 is 5.26. The molecular weight excluding hydrogens is 452 g/mol. The first kappa shape index (κ1) is 25.8. The molecule has 34 heavy (non-hydrogen) atoms. The van der Waals surface area contributed by atoms with Gasteiger partial charge in [-0.25, -0.2) is 5.84 Å². The summed E-state index contributed by atoms with van der Waals surface area (Å²) in [5.74, 6) is 11.1. The lowest BCUT2D eigenvalue weighted by Crippen LogP contribution is -2.36. The molecule has 0 saturated carbocycles. The molecule has 184 valence electrons. The second kappa shape index (κ2) is 12.6. The Hall–Kier alpha value is -2.79. The standard InChI is InChI=1S/C24H34N6O3S/c1-18-21(16-33-2)23(15-31)34-22(18)8-11-28-9-3-10-29(13-12-28)24(32)14-19-4-6-20(7-5-19)30(26)17-27-25/h4-7,15,17H,3,8-14,16,25-26H2,1-2H3/b27-17-. The molecule has 1 aliphatic heterocycles. The van der Waals surface area contributed by atoms with Crippen LogP contribution in [0.25, 0.3) is 0 Å². The number of amides is 1. The lowest BCUT2D eigenvalue weighted by atomic mass is 10.1. The van der Waals surface area contributed by atoms with Gasteiger partial charge in [-0.3, -0.25) is 14.6 Å². The minimum absolute atomic E-state index is 0.136. The first-order chi connectivity index (χ1) is 16.5. The van der Waals surface area contributed by atoms with Crippen molar-refractivity contribution in [3.05, 3.63) is 50.7 Å². The van der Waals surface area contributed by atoms with Crippen LogP contribution in [0.1, 0.15) is 37.7 Å². The molecule has 9 nitrogen and oxygen atoms in total. The van der Waals surface area contributed by atoms with Crippen molar-refractivity contribution >= 4 is 35.6 Å². The van der Waals surface area contributed by atoms with Crippen LogP contribution < -0.4 is 16.7 Å². The van der Waals surface area contributed by atoms with Gasteiger partial charge in [0.2, 0.25) is 5.91 Å². The zero-order valence-electron chi connectivity index (χ0n) is 19.9. The lowest BCUT2D eigenvalue weighted by Gasteiger charge is -2.22. The number of carbonyl (C=O) groups is 2. The molecule has 1 aromatic carbocycles. The fourth-order valence-corrected chi connectivity index (χ4v) is 5.31. The van der Waals surface area contributed by atoms with Crippen LogP contribution >= 0.6 is 11.3 Å². The number of hydrazine groups is 1. The molecule has 1 fully saturated rings. The Labute approximate surface area is 204 Å². The summed E-state index contributed by atoms with van der Waals surface area (Å²) in [6.07, 6.45) is 4.46. The number of hydrogen-bond acceptors (Lipinski definition) is 8. The van der Waals surface area contributed by atoms with E-state index in [1.165, 1.54) is 21.8 Å². The van der Waals surface area contributed by atoms with Crippen LogP contribution in [0, 0.1) is 6.92 Å². The van der Waals surface area contributed by atoms with Gasteiger partial charge in [-0.15, -0.1) is 11.3 Å². The molecule has 0 bridgehead atoms. The van der Waals surface area contributed by atoms with E-state index in [1.54, 1.807) is 18.4 Å².